The molecule has 1 amide bonds. The Bertz CT molecular complexity index is 683. The SMILES string of the molecule is CCC1CCc2ccccc2N1C(=O)COCc1nc(C)no1. The number of anilines is 1. The molecule has 0 fully saturated rings. The van der Waals surface area contributed by atoms with Crippen LogP contribution in [0.3, 0.4) is 0 Å². The lowest BCUT2D eigenvalue weighted by Gasteiger charge is -2.36. The van der Waals surface area contributed by atoms with Gasteiger partial charge in [0.05, 0.1) is 0 Å². The monoisotopic (exact) mass is 315 g/mol. The summed E-state index contributed by atoms with van der Waals surface area (Å²) in [5, 5.41) is 3.70. The zero-order valence-corrected chi connectivity index (χ0v) is 13.5. The Balaban J connectivity index is 1.67. The summed E-state index contributed by atoms with van der Waals surface area (Å²) in [6.45, 7) is 4.01. The molecule has 23 heavy (non-hydrogen) atoms. The Kier molecular flexibility index (Phi) is 4.71. The maximum Gasteiger partial charge on any atom is 0.253 e. The van der Waals surface area contributed by atoms with Gasteiger partial charge in [-0.3, -0.25) is 4.79 Å². The van der Waals surface area contributed by atoms with Gasteiger partial charge in [-0.1, -0.05) is 30.3 Å². The second-order valence-corrected chi connectivity index (χ2v) is 5.72. The third-order valence-corrected chi connectivity index (χ3v) is 4.12. The molecule has 122 valence electrons. The largest absolute Gasteiger partial charge is 0.362 e. The lowest BCUT2D eigenvalue weighted by Crippen LogP contribution is -2.45. The lowest BCUT2D eigenvalue weighted by atomic mass is 9.94. The fourth-order valence-electron chi connectivity index (χ4n) is 3.02. The van der Waals surface area contributed by atoms with Gasteiger partial charge in [0.15, 0.2) is 5.82 Å². The van der Waals surface area contributed by atoms with Gasteiger partial charge in [0, 0.05) is 11.7 Å². The molecule has 2 heterocycles. The van der Waals surface area contributed by atoms with Crippen LogP contribution in [0.4, 0.5) is 5.69 Å². The van der Waals surface area contributed by atoms with Crippen LogP contribution in [0.15, 0.2) is 28.8 Å². The summed E-state index contributed by atoms with van der Waals surface area (Å²) in [6.07, 6.45) is 2.94. The van der Waals surface area contributed by atoms with Gasteiger partial charge in [0.25, 0.3) is 11.8 Å². The highest BCUT2D eigenvalue weighted by molar-refractivity contribution is 5.96. The third kappa shape index (κ3) is 3.42. The van der Waals surface area contributed by atoms with Crippen molar-refractivity contribution in [3.8, 4) is 0 Å². The molecule has 0 radical (unpaired) electrons. The van der Waals surface area contributed by atoms with Crippen LogP contribution in [-0.2, 0) is 22.6 Å². The van der Waals surface area contributed by atoms with E-state index in [1.807, 2.05) is 23.1 Å². The van der Waals surface area contributed by atoms with Crippen molar-refractivity contribution < 1.29 is 14.1 Å². The Morgan fingerprint density at radius 1 is 1.43 bits per heavy atom. The van der Waals surface area contributed by atoms with E-state index in [4.69, 9.17) is 9.26 Å². The molecule has 1 aromatic heterocycles. The minimum absolute atomic E-state index is 0.00621. The summed E-state index contributed by atoms with van der Waals surface area (Å²) >= 11 is 0. The Labute approximate surface area is 135 Å². The molecule has 0 spiro atoms. The van der Waals surface area contributed by atoms with Crippen LogP contribution in [0, 0.1) is 6.92 Å². The minimum atomic E-state index is -0.0276. The summed E-state index contributed by atoms with van der Waals surface area (Å²) in [4.78, 5) is 18.6. The molecule has 0 N–H and O–H groups in total. The highest BCUT2D eigenvalue weighted by atomic mass is 16.5. The number of nitrogens with zero attached hydrogens (tertiary/aromatic N) is 3. The van der Waals surface area contributed by atoms with E-state index in [1.165, 1.54) is 5.56 Å². The fraction of sp³-hybridized carbons (Fsp3) is 0.471. The summed E-state index contributed by atoms with van der Waals surface area (Å²) in [5.74, 6) is 0.924. The first-order valence-electron chi connectivity index (χ1n) is 7.96. The van der Waals surface area contributed by atoms with Gasteiger partial charge in [-0.25, -0.2) is 0 Å². The van der Waals surface area contributed by atoms with Crippen molar-refractivity contribution >= 4 is 11.6 Å². The van der Waals surface area contributed by atoms with E-state index in [-0.39, 0.29) is 25.2 Å². The van der Waals surface area contributed by atoms with Crippen molar-refractivity contribution in [2.24, 2.45) is 0 Å². The molecule has 3 rings (SSSR count). The molecule has 1 aliphatic heterocycles. The molecule has 1 unspecified atom stereocenters. The van der Waals surface area contributed by atoms with Crippen molar-refractivity contribution in [2.45, 2.75) is 45.8 Å². The van der Waals surface area contributed by atoms with Gasteiger partial charge >= 0.3 is 0 Å². The molecule has 0 saturated carbocycles. The predicted octanol–water partition coefficient (Wildman–Crippen LogP) is 2.65. The number of amides is 1. The van der Waals surface area contributed by atoms with Crippen LogP contribution >= 0.6 is 0 Å². The number of hydrogen-bond donors (Lipinski definition) is 0. The summed E-state index contributed by atoms with van der Waals surface area (Å²) < 4.78 is 10.4. The van der Waals surface area contributed by atoms with Gasteiger partial charge in [-0.2, -0.15) is 4.98 Å². The number of rotatable bonds is 5. The van der Waals surface area contributed by atoms with Gasteiger partial charge in [0.1, 0.15) is 13.2 Å². The highest BCUT2D eigenvalue weighted by Crippen LogP contribution is 2.31. The average molecular weight is 315 g/mol. The molecule has 0 saturated heterocycles. The maximum atomic E-state index is 12.7. The van der Waals surface area contributed by atoms with Crippen LogP contribution in [0.25, 0.3) is 0 Å². The molecule has 1 atom stereocenters. The Hall–Kier alpha value is -2.21. The predicted molar refractivity (Wildman–Crippen MR) is 85.0 cm³/mol. The number of hydrogen-bond acceptors (Lipinski definition) is 5. The first-order chi connectivity index (χ1) is 11.2. The van der Waals surface area contributed by atoms with E-state index >= 15 is 0 Å². The first-order valence-corrected chi connectivity index (χ1v) is 7.96. The van der Waals surface area contributed by atoms with Crippen molar-refractivity contribution in [1.29, 1.82) is 0 Å². The van der Waals surface area contributed by atoms with E-state index in [0.717, 1.165) is 24.9 Å². The normalized spacial score (nSPS) is 17.1. The molecule has 2 aromatic rings. The van der Waals surface area contributed by atoms with Gasteiger partial charge in [0.2, 0.25) is 0 Å². The molecular weight excluding hydrogens is 294 g/mol. The molecule has 6 heteroatoms. The molecular formula is C17H21N3O3. The quantitative estimate of drug-likeness (QED) is 0.848. The number of carbonyl (C=O) groups excluding carboxylic acids is 1. The lowest BCUT2D eigenvalue weighted by molar-refractivity contribution is -0.124. The molecule has 0 bridgehead atoms. The van der Waals surface area contributed by atoms with Crippen molar-refractivity contribution in [3.63, 3.8) is 0 Å². The number of aromatic nitrogens is 2. The van der Waals surface area contributed by atoms with Gasteiger partial charge in [-0.15, -0.1) is 0 Å². The second kappa shape index (κ2) is 6.91. The standard InChI is InChI=1S/C17H21N3O3/c1-3-14-9-8-13-6-4-5-7-15(13)20(14)17(21)11-22-10-16-18-12(2)19-23-16/h4-7,14H,3,8-11H2,1-2H3. The van der Waals surface area contributed by atoms with E-state index in [2.05, 4.69) is 23.1 Å². The smallest absolute Gasteiger partial charge is 0.253 e. The van der Waals surface area contributed by atoms with E-state index in [9.17, 15) is 4.79 Å². The number of aryl methyl sites for hydroxylation is 2. The topological polar surface area (TPSA) is 68.5 Å². The van der Waals surface area contributed by atoms with Crippen LogP contribution in [0.2, 0.25) is 0 Å². The minimum Gasteiger partial charge on any atom is -0.362 e. The van der Waals surface area contributed by atoms with E-state index in [1.54, 1.807) is 6.92 Å². The summed E-state index contributed by atoms with van der Waals surface area (Å²) in [7, 11) is 0. The number of fused-ring (bicyclic) bond motifs is 1. The number of carbonyl (C=O) groups is 1. The summed E-state index contributed by atoms with van der Waals surface area (Å²) in [5.41, 5.74) is 2.23. The van der Waals surface area contributed by atoms with Crippen LogP contribution in [-0.4, -0.2) is 28.7 Å². The Morgan fingerprint density at radius 3 is 3.00 bits per heavy atom. The third-order valence-electron chi connectivity index (χ3n) is 4.12. The molecule has 1 aliphatic rings. The fourth-order valence-corrected chi connectivity index (χ4v) is 3.02. The van der Waals surface area contributed by atoms with E-state index < -0.39 is 0 Å². The first kappa shape index (κ1) is 15.7. The molecule has 1 aromatic carbocycles. The molecule has 6 nitrogen and oxygen atoms in total. The Morgan fingerprint density at radius 2 is 2.26 bits per heavy atom. The second-order valence-electron chi connectivity index (χ2n) is 5.72. The van der Waals surface area contributed by atoms with Gasteiger partial charge < -0.3 is 14.2 Å². The van der Waals surface area contributed by atoms with Gasteiger partial charge in [-0.05, 0) is 37.8 Å². The highest BCUT2D eigenvalue weighted by Gasteiger charge is 2.29. The number of benzene rings is 1. The summed E-state index contributed by atoms with van der Waals surface area (Å²) in [6, 6.07) is 8.31. The van der Waals surface area contributed by atoms with Crippen molar-refractivity contribution in [3.05, 3.63) is 41.5 Å². The zero-order valence-electron chi connectivity index (χ0n) is 13.5. The number of ether oxygens (including phenoxy) is 1. The zero-order chi connectivity index (χ0) is 16.2. The maximum absolute atomic E-state index is 12.7. The molecule has 0 aliphatic carbocycles. The van der Waals surface area contributed by atoms with Crippen LogP contribution in [0.5, 0.6) is 0 Å². The van der Waals surface area contributed by atoms with E-state index in [0.29, 0.717) is 11.7 Å². The van der Waals surface area contributed by atoms with Crippen LogP contribution in [0.1, 0.15) is 37.0 Å². The van der Waals surface area contributed by atoms with Crippen molar-refractivity contribution in [2.75, 3.05) is 11.5 Å². The average Bonchev–Trinajstić information content (AvgIpc) is 2.98. The van der Waals surface area contributed by atoms with Crippen molar-refractivity contribution in [1.82, 2.24) is 10.1 Å². The number of para-hydroxylation sites is 1. The van der Waals surface area contributed by atoms with Crippen LogP contribution < -0.4 is 4.90 Å².